The van der Waals surface area contributed by atoms with Crippen molar-refractivity contribution in [1.82, 2.24) is 15.0 Å². The van der Waals surface area contributed by atoms with E-state index in [0.29, 0.717) is 17.5 Å². The van der Waals surface area contributed by atoms with Crippen LogP contribution >= 0.6 is 15.9 Å². The van der Waals surface area contributed by atoms with Crippen molar-refractivity contribution in [2.45, 2.75) is 0 Å². The zero-order chi connectivity index (χ0) is 21.6. The van der Waals surface area contributed by atoms with Gasteiger partial charge in [-0.2, -0.15) is 0 Å². The Labute approximate surface area is 190 Å². The highest BCUT2D eigenvalue weighted by Crippen LogP contribution is 2.28. The molecular weight excluding hydrogens is 446 g/mol. The highest BCUT2D eigenvalue weighted by atomic mass is 79.9. The number of halogens is 1. The van der Waals surface area contributed by atoms with Crippen molar-refractivity contribution in [3.63, 3.8) is 0 Å². The first-order valence-electron chi connectivity index (χ1n) is 9.81. The van der Waals surface area contributed by atoms with Crippen molar-refractivity contribution >= 4 is 21.5 Å². The van der Waals surface area contributed by atoms with Crippen molar-refractivity contribution in [1.29, 1.82) is 0 Å². The number of hydrogen-bond donors (Lipinski definition) is 0. The summed E-state index contributed by atoms with van der Waals surface area (Å²) in [6.45, 7) is 7.69. The molecule has 0 spiro atoms. The Balaban J connectivity index is 1.87. The van der Waals surface area contributed by atoms with E-state index >= 15 is 0 Å². The van der Waals surface area contributed by atoms with E-state index in [1.807, 2.05) is 60.7 Å². The lowest BCUT2D eigenvalue weighted by molar-refractivity contribution is 1.04. The van der Waals surface area contributed by atoms with E-state index in [1.54, 1.807) is 12.2 Å². The van der Waals surface area contributed by atoms with Gasteiger partial charge >= 0.3 is 0 Å². The molecule has 0 amide bonds. The molecule has 0 radical (unpaired) electrons. The third-order valence-electron chi connectivity index (χ3n) is 4.74. The highest BCUT2D eigenvalue weighted by molar-refractivity contribution is 9.10. The number of aromatic nitrogens is 3. The largest absolute Gasteiger partial charge is 0.208 e. The summed E-state index contributed by atoms with van der Waals surface area (Å²) in [7, 11) is 0. The summed E-state index contributed by atoms with van der Waals surface area (Å²) in [6.07, 6.45) is 5.28. The van der Waals surface area contributed by atoms with Gasteiger partial charge in [0.25, 0.3) is 0 Å². The normalized spacial score (nSPS) is 11.2. The molecule has 0 saturated heterocycles. The molecule has 0 fully saturated rings. The van der Waals surface area contributed by atoms with Crippen LogP contribution in [-0.4, -0.2) is 15.0 Å². The van der Waals surface area contributed by atoms with Crippen LogP contribution in [0.2, 0.25) is 0 Å². The smallest absolute Gasteiger partial charge is 0.164 e. The van der Waals surface area contributed by atoms with Crippen LogP contribution < -0.4 is 0 Å². The average molecular weight is 466 g/mol. The maximum Gasteiger partial charge on any atom is 0.164 e. The Morgan fingerprint density at radius 3 is 2.00 bits per heavy atom. The third kappa shape index (κ3) is 4.76. The average Bonchev–Trinajstić information content (AvgIpc) is 2.83. The predicted octanol–water partition coefficient (Wildman–Crippen LogP) is 7.39. The monoisotopic (exact) mass is 465 g/mol. The van der Waals surface area contributed by atoms with E-state index in [-0.39, 0.29) is 0 Å². The molecule has 0 unspecified atom stereocenters. The summed E-state index contributed by atoms with van der Waals surface area (Å²) in [5, 5.41) is 0. The van der Waals surface area contributed by atoms with E-state index in [0.717, 1.165) is 32.3 Å². The molecule has 4 rings (SSSR count). The van der Waals surface area contributed by atoms with Gasteiger partial charge in [0.2, 0.25) is 0 Å². The summed E-state index contributed by atoms with van der Waals surface area (Å²) in [5.41, 5.74) is 4.86. The minimum Gasteiger partial charge on any atom is -0.208 e. The number of nitrogens with zero attached hydrogens (tertiary/aromatic N) is 3. The second-order valence-corrected chi connectivity index (χ2v) is 7.74. The standard InChI is InChI=1S/C27H20BrN3/c1-3-9-19(4-2)25-29-26(21-10-6-5-7-11-21)31-27(30-25)23-13-8-12-22(18-23)20-14-16-24(28)17-15-20/h3-18H,1-2H2/b19-9+. The van der Waals surface area contributed by atoms with Gasteiger partial charge in [-0.05, 0) is 29.3 Å². The van der Waals surface area contributed by atoms with Gasteiger partial charge in [-0.1, -0.05) is 108 Å². The second kappa shape index (κ2) is 9.45. The Morgan fingerprint density at radius 1 is 0.677 bits per heavy atom. The maximum atomic E-state index is 4.78. The summed E-state index contributed by atoms with van der Waals surface area (Å²) < 4.78 is 1.05. The quantitative estimate of drug-likeness (QED) is 0.278. The molecule has 1 aromatic heterocycles. The zero-order valence-corrected chi connectivity index (χ0v) is 18.5. The van der Waals surface area contributed by atoms with Gasteiger partial charge in [-0.15, -0.1) is 0 Å². The summed E-state index contributed by atoms with van der Waals surface area (Å²) in [4.78, 5) is 14.2. The fraction of sp³-hybridized carbons (Fsp3) is 0. The zero-order valence-electron chi connectivity index (χ0n) is 16.9. The second-order valence-electron chi connectivity index (χ2n) is 6.82. The Morgan fingerprint density at radius 2 is 1.32 bits per heavy atom. The molecule has 0 saturated carbocycles. The minimum absolute atomic E-state index is 0.563. The molecule has 0 bridgehead atoms. The molecule has 4 heteroatoms. The Hall–Kier alpha value is -3.63. The molecule has 4 aromatic rings. The molecular formula is C27H20BrN3. The van der Waals surface area contributed by atoms with Gasteiger partial charge in [0.1, 0.15) is 0 Å². The lowest BCUT2D eigenvalue weighted by Gasteiger charge is -2.10. The molecule has 31 heavy (non-hydrogen) atoms. The van der Waals surface area contributed by atoms with Crippen LogP contribution in [0.15, 0.2) is 115 Å². The molecule has 0 N–H and O–H groups in total. The van der Waals surface area contributed by atoms with Crippen LogP contribution in [0.3, 0.4) is 0 Å². The Kier molecular flexibility index (Phi) is 6.29. The predicted molar refractivity (Wildman–Crippen MR) is 132 cm³/mol. The molecule has 1 heterocycles. The number of rotatable bonds is 6. The summed E-state index contributed by atoms with van der Waals surface area (Å²) >= 11 is 3.49. The maximum absolute atomic E-state index is 4.78. The minimum atomic E-state index is 0.563. The van der Waals surface area contributed by atoms with E-state index in [4.69, 9.17) is 15.0 Å². The fourth-order valence-electron chi connectivity index (χ4n) is 3.19. The summed E-state index contributed by atoms with van der Waals surface area (Å²) in [5.74, 6) is 1.79. The van der Waals surface area contributed by atoms with Crippen LogP contribution in [-0.2, 0) is 0 Å². The van der Waals surface area contributed by atoms with Crippen LogP contribution in [0.4, 0.5) is 0 Å². The number of allylic oxidation sites excluding steroid dienone is 4. The van der Waals surface area contributed by atoms with Crippen LogP contribution in [0, 0.1) is 0 Å². The van der Waals surface area contributed by atoms with Gasteiger partial charge in [-0.3, -0.25) is 0 Å². The van der Waals surface area contributed by atoms with Crippen LogP contribution in [0.5, 0.6) is 0 Å². The molecule has 3 nitrogen and oxygen atoms in total. The van der Waals surface area contributed by atoms with Gasteiger partial charge in [0.15, 0.2) is 17.5 Å². The van der Waals surface area contributed by atoms with E-state index < -0.39 is 0 Å². The fourth-order valence-corrected chi connectivity index (χ4v) is 3.46. The first-order chi connectivity index (χ1) is 15.2. The van der Waals surface area contributed by atoms with Crippen molar-refractivity contribution < 1.29 is 0 Å². The molecule has 0 aliphatic rings. The van der Waals surface area contributed by atoms with Gasteiger partial charge in [-0.25, -0.2) is 15.0 Å². The SMILES string of the molecule is C=C/C=C(\C=C)c1nc(-c2ccccc2)nc(-c2cccc(-c3ccc(Br)cc3)c2)n1. The Bertz CT molecular complexity index is 1260. The first-order valence-corrected chi connectivity index (χ1v) is 10.6. The molecule has 0 aliphatic heterocycles. The van der Waals surface area contributed by atoms with Crippen molar-refractivity contribution in [3.05, 3.63) is 121 Å². The van der Waals surface area contributed by atoms with Crippen LogP contribution in [0.25, 0.3) is 39.5 Å². The van der Waals surface area contributed by atoms with Crippen molar-refractivity contribution in [2.24, 2.45) is 0 Å². The lowest BCUT2D eigenvalue weighted by Crippen LogP contribution is -2.02. The van der Waals surface area contributed by atoms with E-state index in [2.05, 4.69) is 53.4 Å². The van der Waals surface area contributed by atoms with Crippen molar-refractivity contribution in [3.8, 4) is 33.9 Å². The number of benzene rings is 3. The first kappa shape index (κ1) is 20.6. The van der Waals surface area contributed by atoms with E-state index in [1.165, 1.54) is 0 Å². The molecule has 150 valence electrons. The highest BCUT2D eigenvalue weighted by Gasteiger charge is 2.12. The van der Waals surface area contributed by atoms with E-state index in [9.17, 15) is 0 Å². The molecule has 0 aliphatic carbocycles. The lowest BCUT2D eigenvalue weighted by atomic mass is 10.0. The van der Waals surface area contributed by atoms with Crippen molar-refractivity contribution in [2.75, 3.05) is 0 Å². The van der Waals surface area contributed by atoms with Gasteiger partial charge in [0, 0.05) is 21.2 Å². The van der Waals surface area contributed by atoms with Gasteiger partial charge in [0.05, 0.1) is 0 Å². The summed E-state index contributed by atoms with van der Waals surface area (Å²) in [6, 6.07) is 26.4. The van der Waals surface area contributed by atoms with Gasteiger partial charge < -0.3 is 0 Å². The molecule has 3 aromatic carbocycles. The molecule has 0 atom stereocenters. The van der Waals surface area contributed by atoms with Crippen LogP contribution in [0.1, 0.15) is 5.82 Å². The third-order valence-corrected chi connectivity index (χ3v) is 5.27. The number of hydrogen-bond acceptors (Lipinski definition) is 3. The topological polar surface area (TPSA) is 38.7 Å².